The minimum Gasteiger partial charge on any atom is -0.492 e. The molecule has 4 nitrogen and oxygen atoms in total. The molecule has 1 heterocycles. The van der Waals surface area contributed by atoms with Gasteiger partial charge in [-0.1, -0.05) is 22.0 Å². The highest BCUT2D eigenvalue weighted by Gasteiger charge is 2.11. The lowest BCUT2D eigenvalue weighted by molar-refractivity contribution is 0.327. The highest BCUT2D eigenvalue weighted by atomic mass is 79.9. The van der Waals surface area contributed by atoms with Gasteiger partial charge >= 0.3 is 0 Å². The van der Waals surface area contributed by atoms with Crippen molar-refractivity contribution in [1.82, 2.24) is 4.90 Å². The molecule has 0 spiro atoms. The van der Waals surface area contributed by atoms with Crippen molar-refractivity contribution in [1.29, 1.82) is 0 Å². The van der Waals surface area contributed by atoms with Crippen LogP contribution in [0, 0.1) is 0 Å². The van der Waals surface area contributed by atoms with Crippen LogP contribution >= 0.6 is 27.7 Å². The number of rotatable bonds is 4. The maximum atomic E-state index is 5.96. The fourth-order valence-corrected chi connectivity index (χ4v) is 3.05. The maximum Gasteiger partial charge on any atom is 0.191 e. The van der Waals surface area contributed by atoms with Crippen LogP contribution in [0.2, 0.25) is 0 Å². The minimum atomic E-state index is 0.541. The van der Waals surface area contributed by atoms with Crippen molar-refractivity contribution >= 4 is 33.7 Å². The van der Waals surface area contributed by atoms with Crippen molar-refractivity contribution in [2.24, 2.45) is 10.7 Å². The van der Waals surface area contributed by atoms with Gasteiger partial charge in [-0.15, -0.1) is 0 Å². The summed E-state index contributed by atoms with van der Waals surface area (Å²) in [7, 11) is 0. The number of halogens is 1. The van der Waals surface area contributed by atoms with Crippen LogP contribution in [0.4, 0.5) is 0 Å². The van der Waals surface area contributed by atoms with Gasteiger partial charge in [-0.25, -0.2) is 4.99 Å². The van der Waals surface area contributed by atoms with E-state index in [2.05, 4.69) is 25.8 Å². The number of guanidine groups is 1. The summed E-state index contributed by atoms with van der Waals surface area (Å²) in [4.78, 5) is 6.49. The molecule has 19 heavy (non-hydrogen) atoms. The zero-order valence-electron chi connectivity index (χ0n) is 10.7. The van der Waals surface area contributed by atoms with Crippen molar-refractivity contribution in [2.45, 2.75) is 0 Å². The normalized spacial score (nSPS) is 16.5. The van der Waals surface area contributed by atoms with E-state index in [1.807, 2.05) is 36.0 Å². The van der Waals surface area contributed by atoms with Crippen LogP contribution < -0.4 is 10.5 Å². The van der Waals surface area contributed by atoms with Crippen molar-refractivity contribution < 1.29 is 4.74 Å². The molecule has 0 amide bonds. The van der Waals surface area contributed by atoms with Gasteiger partial charge in [0.1, 0.15) is 12.4 Å². The summed E-state index contributed by atoms with van der Waals surface area (Å²) in [6.45, 7) is 3.11. The molecule has 1 fully saturated rings. The molecule has 0 atom stereocenters. The van der Waals surface area contributed by atoms with Crippen LogP contribution in [0.3, 0.4) is 0 Å². The second-order valence-electron chi connectivity index (χ2n) is 4.15. The van der Waals surface area contributed by atoms with E-state index in [0.717, 1.165) is 34.8 Å². The zero-order valence-corrected chi connectivity index (χ0v) is 13.1. The summed E-state index contributed by atoms with van der Waals surface area (Å²) in [6.07, 6.45) is 0. The summed E-state index contributed by atoms with van der Waals surface area (Å²) in [6, 6.07) is 7.79. The Morgan fingerprint density at radius 3 is 2.95 bits per heavy atom. The van der Waals surface area contributed by atoms with E-state index < -0.39 is 0 Å². The molecular formula is C13H18BrN3OS. The van der Waals surface area contributed by atoms with Crippen LogP contribution in [-0.4, -0.2) is 48.6 Å². The predicted molar refractivity (Wildman–Crippen MR) is 85.0 cm³/mol. The topological polar surface area (TPSA) is 50.9 Å². The molecule has 0 bridgehead atoms. The number of hydrogen-bond acceptors (Lipinski definition) is 3. The molecule has 0 aromatic heterocycles. The second kappa shape index (κ2) is 7.65. The van der Waals surface area contributed by atoms with E-state index >= 15 is 0 Å². The molecule has 1 aromatic carbocycles. The summed E-state index contributed by atoms with van der Waals surface area (Å²) >= 11 is 5.37. The molecule has 0 saturated carbocycles. The average Bonchev–Trinajstić information content (AvgIpc) is 2.44. The molecule has 0 radical (unpaired) electrons. The van der Waals surface area contributed by atoms with Gasteiger partial charge in [0.15, 0.2) is 5.96 Å². The molecule has 2 N–H and O–H groups in total. The fourth-order valence-electron chi connectivity index (χ4n) is 1.77. The minimum absolute atomic E-state index is 0.541. The summed E-state index contributed by atoms with van der Waals surface area (Å²) in [5.74, 6) is 3.74. The van der Waals surface area contributed by atoms with Crippen molar-refractivity contribution in [2.75, 3.05) is 37.7 Å². The van der Waals surface area contributed by atoms with Gasteiger partial charge in [-0.3, -0.25) is 0 Å². The molecule has 104 valence electrons. The predicted octanol–water partition coefficient (Wildman–Crippen LogP) is 2.19. The molecular weight excluding hydrogens is 326 g/mol. The third kappa shape index (κ3) is 4.95. The Morgan fingerprint density at radius 1 is 1.42 bits per heavy atom. The van der Waals surface area contributed by atoms with E-state index in [9.17, 15) is 0 Å². The molecule has 2 rings (SSSR count). The number of aliphatic imine (C=N–C) groups is 1. The van der Waals surface area contributed by atoms with Crippen LogP contribution in [0.15, 0.2) is 33.7 Å². The summed E-state index contributed by atoms with van der Waals surface area (Å²) < 4.78 is 6.62. The molecule has 1 aliphatic rings. The molecule has 6 heteroatoms. The van der Waals surface area contributed by atoms with Crippen LogP contribution in [-0.2, 0) is 0 Å². The lowest BCUT2D eigenvalue weighted by Crippen LogP contribution is -2.42. The van der Waals surface area contributed by atoms with Gasteiger partial charge in [-0.2, -0.15) is 11.8 Å². The fraction of sp³-hybridized carbons (Fsp3) is 0.462. The smallest absolute Gasteiger partial charge is 0.191 e. The number of nitrogens with zero attached hydrogens (tertiary/aromatic N) is 2. The SMILES string of the molecule is NC(=NCCOc1cccc(Br)c1)N1CCSCC1. The first-order chi connectivity index (χ1) is 9.25. The lowest BCUT2D eigenvalue weighted by Gasteiger charge is -2.27. The van der Waals surface area contributed by atoms with Crippen LogP contribution in [0.5, 0.6) is 5.75 Å². The number of ether oxygens (including phenoxy) is 1. The second-order valence-corrected chi connectivity index (χ2v) is 6.29. The van der Waals surface area contributed by atoms with E-state index in [1.165, 1.54) is 0 Å². The Kier molecular flexibility index (Phi) is 5.85. The van der Waals surface area contributed by atoms with Gasteiger partial charge in [0.05, 0.1) is 6.54 Å². The Balaban J connectivity index is 1.73. The number of benzene rings is 1. The van der Waals surface area contributed by atoms with E-state index in [4.69, 9.17) is 10.5 Å². The molecule has 0 aliphatic carbocycles. The van der Waals surface area contributed by atoms with Gasteiger partial charge < -0.3 is 15.4 Å². The van der Waals surface area contributed by atoms with Gasteiger partial charge in [0, 0.05) is 29.1 Å². The van der Waals surface area contributed by atoms with Crippen LogP contribution in [0.1, 0.15) is 0 Å². The van der Waals surface area contributed by atoms with Crippen molar-refractivity contribution in [3.63, 3.8) is 0 Å². The van der Waals surface area contributed by atoms with Crippen molar-refractivity contribution in [3.05, 3.63) is 28.7 Å². The number of nitrogens with two attached hydrogens (primary N) is 1. The van der Waals surface area contributed by atoms with E-state index in [-0.39, 0.29) is 0 Å². The molecule has 0 unspecified atom stereocenters. The largest absolute Gasteiger partial charge is 0.492 e. The molecule has 1 aromatic rings. The Bertz CT molecular complexity index is 436. The lowest BCUT2D eigenvalue weighted by atomic mass is 10.3. The Labute approximate surface area is 126 Å². The van der Waals surface area contributed by atoms with E-state index in [0.29, 0.717) is 19.1 Å². The Morgan fingerprint density at radius 2 is 2.21 bits per heavy atom. The highest BCUT2D eigenvalue weighted by Crippen LogP contribution is 2.17. The maximum absolute atomic E-state index is 5.96. The zero-order chi connectivity index (χ0) is 13.5. The van der Waals surface area contributed by atoms with E-state index in [1.54, 1.807) is 0 Å². The molecule has 1 saturated heterocycles. The van der Waals surface area contributed by atoms with Gasteiger partial charge in [0.25, 0.3) is 0 Å². The quantitative estimate of drug-likeness (QED) is 0.517. The summed E-state index contributed by atoms with van der Waals surface area (Å²) in [5, 5.41) is 0. The molecule has 1 aliphatic heterocycles. The average molecular weight is 344 g/mol. The van der Waals surface area contributed by atoms with Crippen molar-refractivity contribution in [3.8, 4) is 5.75 Å². The summed E-state index contributed by atoms with van der Waals surface area (Å²) in [5.41, 5.74) is 5.96. The van der Waals surface area contributed by atoms with Gasteiger partial charge in [-0.05, 0) is 18.2 Å². The first-order valence-corrected chi connectivity index (χ1v) is 8.21. The third-order valence-corrected chi connectivity index (χ3v) is 4.20. The first kappa shape index (κ1) is 14.5. The monoisotopic (exact) mass is 343 g/mol. The number of hydrogen-bond donors (Lipinski definition) is 1. The standard InChI is InChI=1S/C13H18BrN3OS/c14-11-2-1-3-12(10-11)18-7-4-16-13(15)17-5-8-19-9-6-17/h1-3,10H,4-9H2,(H2,15,16). The van der Waals surface area contributed by atoms with Crippen LogP contribution in [0.25, 0.3) is 0 Å². The number of thioether (sulfide) groups is 1. The van der Waals surface area contributed by atoms with Gasteiger partial charge in [0.2, 0.25) is 0 Å². The third-order valence-electron chi connectivity index (χ3n) is 2.76. The Hall–Kier alpha value is -0.880. The first-order valence-electron chi connectivity index (χ1n) is 6.27. The highest BCUT2D eigenvalue weighted by molar-refractivity contribution is 9.10.